The third-order valence-corrected chi connectivity index (χ3v) is 6.33. The van der Waals surface area contributed by atoms with Crippen LogP contribution in [0.5, 0.6) is 0 Å². The first-order valence-corrected chi connectivity index (χ1v) is 11.0. The van der Waals surface area contributed by atoms with Crippen molar-refractivity contribution in [3.8, 4) is 0 Å². The highest BCUT2D eigenvalue weighted by atomic mass is 32.1. The Balaban J connectivity index is 0.000000339. The number of aliphatic carboxylic acids is 1. The van der Waals surface area contributed by atoms with E-state index in [1.807, 2.05) is 17.4 Å². The van der Waals surface area contributed by atoms with Gasteiger partial charge in [0.15, 0.2) is 0 Å². The molecule has 0 saturated carbocycles. The number of hydrogen-bond acceptors (Lipinski definition) is 5. The van der Waals surface area contributed by atoms with Crippen LogP contribution in [0.1, 0.15) is 29.7 Å². The number of rotatable bonds is 5. The average molecular weight is 458 g/mol. The predicted molar refractivity (Wildman–Crippen MR) is 111 cm³/mol. The Morgan fingerprint density at radius 2 is 1.87 bits per heavy atom. The summed E-state index contributed by atoms with van der Waals surface area (Å²) < 4.78 is 44.0. The van der Waals surface area contributed by atoms with Crippen LogP contribution < -0.4 is 0 Å². The Labute approximate surface area is 183 Å². The lowest BCUT2D eigenvalue weighted by molar-refractivity contribution is -0.192. The van der Waals surface area contributed by atoms with E-state index >= 15 is 0 Å². The molecular formula is C22H26F3NO4S. The summed E-state index contributed by atoms with van der Waals surface area (Å²) in [6.07, 6.45) is -1.53. The lowest BCUT2D eigenvalue weighted by Gasteiger charge is -2.38. The first-order chi connectivity index (χ1) is 14.8. The van der Waals surface area contributed by atoms with Gasteiger partial charge >= 0.3 is 12.1 Å². The summed E-state index contributed by atoms with van der Waals surface area (Å²) in [4.78, 5) is 12.9. The van der Waals surface area contributed by atoms with Crippen LogP contribution >= 0.6 is 11.3 Å². The number of halogens is 3. The molecular weight excluding hydrogens is 431 g/mol. The molecule has 1 aromatic heterocycles. The van der Waals surface area contributed by atoms with Crippen molar-refractivity contribution in [3.63, 3.8) is 0 Å². The van der Waals surface area contributed by atoms with Crippen molar-refractivity contribution in [2.75, 3.05) is 19.7 Å². The number of ether oxygens (including phenoxy) is 2. The van der Waals surface area contributed by atoms with E-state index in [1.165, 1.54) is 10.4 Å². The van der Waals surface area contributed by atoms with Gasteiger partial charge in [-0.05, 0) is 29.9 Å². The van der Waals surface area contributed by atoms with Crippen LogP contribution in [0.4, 0.5) is 13.2 Å². The van der Waals surface area contributed by atoms with Gasteiger partial charge in [0.25, 0.3) is 0 Å². The number of hydrogen-bond donors (Lipinski definition) is 1. The van der Waals surface area contributed by atoms with Gasteiger partial charge in [-0.25, -0.2) is 4.79 Å². The van der Waals surface area contributed by atoms with Crippen molar-refractivity contribution in [1.29, 1.82) is 0 Å². The van der Waals surface area contributed by atoms with Crippen LogP contribution in [0.15, 0.2) is 47.8 Å². The lowest BCUT2D eigenvalue weighted by Crippen LogP contribution is -2.43. The van der Waals surface area contributed by atoms with Crippen molar-refractivity contribution in [2.24, 2.45) is 0 Å². The first kappa shape index (κ1) is 23.7. The van der Waals surface area contributed by atoms with Gasteiger partial charge < -0.3 is 14.6 Å². The molecule has 2 aliphatic heterocycles. The fourth-order valence-corrected chi connectivity index (χ4v) is 4.53. The molecule has 3 heterocycles. The van der Waals surface area contributed by atoms with Gasteiger partial charge in [-0.1, -0.05) is 36.4 Å². The molecule has 2 aromatic rings. The Hall–Kier alpha value is -1.94. The van der Waals surface area contributed by atoms with Crippen LogP contribution in [-0.2, 0) is 27.4 Å². The number of carbonyl (C=O) groups is 1. The number of carboxylic acids is 1. The molecule has 1 spiro atoms. The van der Waals surface area contributed by atoms with Crippen LogP contribution in [0.2, 0.25) is 0 Å². The number of nitrogens with zero attached hydrogens (tertiary/aromatic N) is 1. The second-order valence-electron chi connectivity index (χ2n) is 7.78. The van der Waals surface area contributed by atoms with Crippen molar-refractivity contribution in [3.05, 3.63) is 58.3 Å². The maximum atomic E-state index is 10.6. The molecule has 0 radical (unpaired) electrons. The largest absolute Gasteiger partial charge is 0.490 e. The van der Waals surface area contributed by atoms with E-state index in [2.05, 4.69) is 46.7 Å². The molecule has 0 aliphatic carbocycles. The molecule has 1 N–H and O–H groups in total. The molecule has 5 nitrogen and oxygen atoms in total. The molecule has 31 heavy (non-hydrogen) atoms. The highest BCUT2D eigenvalue weighted by Crippen LogP contribution is 2.37. The summed E-state index contributed by atoms with van der Waals surface area (Å²) in [5.41, 5.74) is 1.30. The summed E-state index contributed by atoms with van der Waals surface area (Å²) >= 11 is 1.85. The fraction of sp³-hybridized carbons (Fsp3) is 0.500. The van der Waals surface area contributed by atoms with Gasteiger partial charge in [-0.2, -0.15) is 13.2 Å². The second-order valence-corrected chi connectivity index (χ2v) is 8.81. The number of thiophene rings is 1. The van der Waals surface area contributed by atoms with Crippen LogP contribution in [0, 0.1) is 0 Å². The van der Waals surface area contributed by atoms with Gasteiger partial charge in [-0.3, -0.25) is 4.90 Å². The van der Waals surface area contributed by atoms with E-state index in [9.17, 15) is 13.2 Å². The third kappa shape index (κ3) is 7.31. The van der Waals surface area contributed by atoms with Gasteiger partial charge in [-0.15, -0.1) is 11.3 Å². The molecule has 170 valence electrons. The van der Waals surface area contributed by atoms with Crippen LogP contribution in [0.3, 0.4) is 0 Å². The normalized spacial score (nSPS) is 20.9. The highest BCUT2D eigenvalue weighted by molar-refractivity contribution is 7.09. The summed E-state index contributed by atoms with van der Waals surface area (Å²) in [6, 6.07) is 14.8. The molecule has 2 fully saturated rings. The molecule has 0 amide bonds. The lowest BCUT2D eigenvalue weighted by atomic mass is 9.88. The van der Waals surface area contributed by atoms with Gasteiger partial charge in [0.1, 0.15) is 0 Å². The van der Waals surface area contributed by atoms with E-state index in [0.717, 1.165) is 45.5 Å². The summed E-state index contributed by atoms with van der Waals surface area (Å²) in [7, 11) is 0. The van der Waals surface area contributed by atoms with Crippen LogP contribution in [0.25, 0.3) is 0 Å². The van der Waals surface area contributed by atoms with Crippen molar-refractivity contribution < 1.29 is 32.5 Å². The maximum Gasteiger partial charge on any atom is 0.490 e. The SMILES string of the molecule is O=C(O)C(F)(F)F.c1ccc(COC2COC3(CCN(Cc4cccs4)CC3)C2)cc1. The van der Waals surface area contributed by atoms with E-state index in [4.69, 9.17) is 19.4 Å². The van der Waals surface area contributed by atoms with Gasteiger partial charge in [0.2, 0.25) is 0 Å². The minimum absolute atomic E-state index is 0.0628. The number of alkyl halides is 3. The first-order valence-electron chi connectivity index (χ1n) is 10.1. The summed E-state index contributed by atoms with van der Waals surface area (Å²) in [5.74, 6) is -2.76. The average Bonchev–Trinajstić information content (AvgIpc) is 3.39. The molecule has 4 rings (SSSR count). The topological polar surface area (TPSA) is 59.0 Å². The van der Waals surface area contributed by atoms with Crippen molar-refractivity contribution in [1.82, 2.24) is 4.90 Å². The number of piperidine rings is 1. The standard InChI is InChI=1S/C20H25NO2S.C2HF3O2/c1-2-5-17(6-3-1)15-22-18-13-20(23-16-18)8-10-21(11-9-20)14-19-7-4-12-24-19;3-2(4,5)1(6)7/h1-7,12,18H,8-11,13-16H2;(H,6,7). The number of benzene rings is 1. The van der Waals surface area contributed by atoms with E-state index in [1.54, 1.807) is 0 Å². The zero-order chi connectivity index (χ0) is 22.3. The maximum absolute atomic E-state index is 10.6. The molecule has 2 saturated heterocycles. The fourth-order valence-electron chi connectivity index (χ4n) is 3.79. The zero-order valence-electron chi connectivity index (χ0n) is 17.0. The Morgan fingerprint density at radius 3 is 2.45 bits per heavy atom. The van der Waals surface area contributed by atoms with Crippen molar-refractivity contribution >= 4 is 17.3 Å². The highest BCUT2D eigenvalue weighted by Gasteiger charge is 2.43. The molecule has 1 aromatic carbocycles. The van der Waals surface area contributed by atoms with Crippen LogP contribution in [-0.4, -0.2) is 53.6 Å². The van der Waals surface area contributed by atoms with Crippen molar-refractivity contribution in [2.45, 2.75) is 50.3 Å². The monoisotopic (exact) mass is 457 g/mol. The smallest absolute Gasteiger partial charge is 0.475 e. The zero-order valence-corrected chi connectivity index (χ0v) is 17.8. The third-order valence-electron chi connectivity index (χ3n) is 5.47. The molecule has 0 bridgehead atoms. The van der Waals surface area contributed by atoms with E-state index in [-0.39, 0.29) is 11.7 Å². The number of likely N-dealkylation sites (tertiary alicyclic amines) is 1. The summed E-state index contributed by atoms with van der Waals surface area (Å²) in [6.45, 7) is 4.78. The molecule has 2 aliphatic rings. The Kier molecular flexibility index (Phi) is 8.10. The Morgan fingerprint density at radius 1 is 1.19 bits per heavy atom. The van der Waals surface area contributed by atoms with E-state index < -0.39 is 12.1 Å². The van der Waals surface area contributed by atoms with E-state index in [0.29, 0.717) is 6.61 Å². The van der Waals surface area contributed by atoms with Gasteiger partial charge in [0, 0.05) is 30.9 Å². The molecule has 1 atom stereocenters. The molecule has 1 unspecified atom stereocenters. The van der Waals surface area contributed by atoms with Gasteiger partial charge in [0.05, 0.1) is 24.9 Å². The second kappa shape index (κ2) is 10.6. The molecule has 9 heteroatoms. The number of carboxylic acid groups (broad SMARTS) is 1. The minimum Gasteiger partial charge on any atom is -0.475 e. The summed E-state index contributed by atoms with van der Waals surface area (Å²) in [5, 5.41) is 9.29. The quantitative estimate of drug-likeness (QED) is 0.704. The predicted octanol–water partition coefficient (Wildman–Crippen LogP) is 4.72. The Bertz CT molecular complexity index is 806. The minimum atomic E-state index is -5.08.